The Morgan fingerprint density at radius 2 is 1.65 bits per heavy atom. The van der Waals surface area contributed by atoms with Crippen LogP contribution in [0.5, 0.6) is 0 Å². The van der Waals surface area contributed by atoms with E-state index < -0.39 is 11.7 Å². The highest BCUT2D eigenvalue weighted by Crippen LogP contribution is 2.33. The van der Waals surface area contributed by atoms with Crippen LogP contribution in [0.1, 0.15) is 28.3 Å². The van der Waals surface area contributed by atoms with Crippen molar-refractivity contribution in [2.45, 2.75) is 18.6 Å². The molecule has 0 bridgehead atoms. The molecule has 1 atom stereocenters. The Kier molecular flexibility index (Phi) is 3.26. The number of hydrogen-bond acceptors (Lipinski definition) is 0. The fourth-order valence-corrected chi connectivity index (χ4v) is 2.58. The molecule has 4 heteroatoms. The number of fused-ring (bicyclic) bond motifs is 1. The molecule has 1 aliphatic rings. The van der Waals surface area contributed by atoms with Crippen molar-refractivity contribution in [2.24, 2.45) is 0 Å². The smallest absolute Gasteiger partial charge is 0.229 e. The zero-order valence-corrected chi connectivity index (χ0v) is 10.7. The number of alkyl halides is 3. The second-order valence-electron chi connectivity index (χ2n) is 4.88. The molecular weight excluding hydrogens is 263 g/mol. The molecule has 0 saturated heterocycles. The van der Waals surface area contributed by atoms with Crippen LogP contribution in [0.15, 0.2) is 48.5 Å². The number of halogens is 3. The van der Waals surface area contributed by atoms with Crippen molar-refractivity contribution < 1.29 is 13.2 Å². The third-order valence-electron chi connectivity index (χ3n) is 3.60. The van der Waals surface area contributed by atoms with Crippen molar-refractivity contribution in [3.8, 4) is 0 Å². The molecule has 0 aromatic heterocycles. The topological polar surface area (TPSA) is 14.1 Å². The molecule has 0 spiro atoms. The van der Waals surface area contributed by atoms with E-state index in [-0.39, 0.29) is 6.04 Å². The van der Waals surface area contributed by atoms with Gasteiger partial charge in [-0.1, -0.05) is 36.4 Å². The average molecular weight is 276 g/mol. The number of nitrogens with zero attached hydrogens (tertiary/aromatic N) is 1. The van der Waals surface area contributed by atoms with E-state index in [0.29, 0.717) is 6.54 Å². The van der Waals surface area contributed by atoms with Crippen molar-refractivity contribution in [1.82, 2.24) is 5.32 Å². The van der Waals surface area contributed by atoms with Crippen LogP contribution in [-0.4, -0.2) is 6.54 Å². The van der Waals surface area contributed by atoms with Gasteiger partial charge in [0.1, 0.15) is 0 Å². The molecular formula is C16H13F3N. The highest BCUT2D eigenvalue weighted by molar-refractivity contribution is 5.40. The second-order valence-corrected chi connectivity index (χ2v) is 4.88. The molecule has 1 heterocycles. The minimum atomic E-state index is -4.29. The van der Waals surface area contributed by atoms with Gasteiger partial charge in [-0.25, -0.2) is 5.32 Å². The van der Waals surface area contributed by atoms with Crippen LogP contribution in [0.3, 0.4) is 0 Å². The summed E-state index contributed by atoms with van der Waals surface area (Å²) in [6.45, 7) is 0.711. The standard InChI is InChI=1S/C16H13F3N/c17-16(18,19)13-7-5-12(6-8-13)15-14-4-2-1-3-11(14)9-10-20-15/h1-8,15H,9-10H2/t15-/m0/s1. The molecule has 0 aliphatic carbocycles. The molecule has 2 aromatic rings. The predicted molar refractivity (Wildman–Crippen MR) is 70.4 cm³/mol. The first-order valence-corrected chi connectivity index (χ1v) is 6.47. The van der Waals surface area contributed by atoms with Gasteiger partial charge in [0, 0.05) is 6.54 Å². The molecule has 0 N–H and O–H groups in total. The zero-order chi connectivity index (χ0) is 14.2. The molecule has 0 saturated carbocycles. The van der Waals surface area contributed by atoms with Gasteiger partial charge in [-0.15, -0.1) is 0 Å². The van der Waals surface area contributed by atoms with Crippen LogP contribution < -0.4 is 5.32 Å². The fraction of sp³-hybridized carbons (Fsp3) is 0.250. The van der Waals surface area contributed by atoms with E-state index in [2.05, 4.69) is 11.4 Å². The molecule has 0 amide bonds. The van der Waals surface area contributed by atoms with Crippen LogP contribution >= 0.6 is 0 Å². The highest BCUT2D eigenvalue weighted by Gasteiger charge is 2.30. The van der Waals surface area contributed by atoms with Gasteiger partial charge >= 0.3 is 6.18 Å². The van der Waals surface area contributed by atoms with Crippen molar-refractivity contribution in [3.63, 3.8) is 0 Å². The van der Waals surface area contributed by atoms with Gasteiger partial charge in [0.15, 0.2) is 0 Å². The minimum absolute atomic E-state index is 0.151. The molecule has 0 fully saturated rings. The highest BCUT2D eigenvalue weighted by atomic mass is 19.4. The summed E-state index contributed by atoms with van der Waals surface area (Å²) in [5.74, 6) is 0. The SMILES string of the molecule is FC(F)(F)c1ccc([C@@H]2[N]CCc3ccccc32)cc1. The van der Waals surface area contributed by atoms with Crippen molar-refractivity contribution in [1.29, 1.82) is 0 Å². The molecule has 0 unspecified atom stereocenters. The minimum Gasteiger partial charge on any atom is -0.229 e. The summed E-state index contributed by atoms with van der Waals surface area (Å²) in [6, 6.07) is 13.1. The van der Waals surface area contributed by atoms with E-state index in [1.54, 1.807) is 0 Å². The van der Waals surface area contributed by atoms with Crippen molar-refractivity contribution >= 4 is 0 Å². The van der Waals surface area contributed by atoms with Gasteiger partial charge in [-0.3, -0.25) is 0 Å². The lowest BCUT2D eigenvalue weighted by Crippen LogP contribution is -2.24. The Bertz CT molecular complexity index is 602. The lowest BCUT2D eigenvalue weighted by Gasteiger charge is -2.26. The van der Waals surface area contributed by atoms with E-state index in [4.69, 9.17) is 0 Å². The number of benzene rings is 2. The summed E-state index contributed by atoms with van der Waals surface area (Å²) in [5, 5.41) is 4.55. The van der Waals surface area contributed by atoms with Crippen LogP contribution in [0, 0.1) is 0 Å². The first-order valence-electron chi connectivity index (χ1n) is 6.47. The Labute approximate surface area is 115 Å². The van der Waals surface area contributed by atoms with Gasteiger partial charge in [-0.2, -0.15) is 13.2 Å². The maximum absolute atomic E-state index is 12.6. The summed E-state index contributed by atoms with van der Waals surface area (Å²) < 4.78 is 37.7. The van der Waals surface area contributed by atoms with Crippen LogP contribution in [0.4, 0.5) is 13.2 Å². The summed E-state index contributed by atoms with van der Waals surface area (Å²) in [4.78, 5) is 0. The summed E-state index contributed by atoms with van der Waals surface area (Å²) in [6.07, 6.45) is -3.40. The van der Waals surface area contributed by atoms with Gasteiger partial charge in [0.05, 0.1) is 11.6 Å². The maximum atomic E-state index is 12.6. The molecule has 1 nitrogen and oxygen atoms in total. The first-order chi connectivity index (χ1) is 9.55. The van der Waals surface area contributed by atoms with Crippen LogP contribution in [0.2, 0.25) is 0 Å². The number of rotatable bonds is 1. The first kappa shape index (κ1) is 13.2. The molecule has 20 heavy (non-hydrogen) atoms. The Morgan fingerprint density at radius 3 is 2.35 bits per heavy atom. The van der Waals surface area contributed by atoms with E-state index in [1.165, 1.54) is 17.7 Å². The van der Waals surface area contributed by atoms with Crippen LogP contribution in [-0.2, 0) is 12.6 Å². The van der Waals surface area contributed by atoms with Crippen molar-refractivity contribution in [3.05, 3.63) is 70.8 Å². The zero-order valence-electron chi connectivity index (χ0n) is 10.7. The summed E-state index contributed by atoms with van der Waals surface area (Å²) >= 11 is 0. The summed E-state index contributed by atoms with van der Waals surface area (Å²) in [5.41, 5.74) is 2.52. The largest absolute Gasteiger partial charge is 0.416 e. The molecule has 1 radical (unpaired) electrons. The van der Waals surface area contributed by atoms with Crippen molar-refractivity contribution in [2.75, 3.05) is 6.54 Å². The van der Waals surface area contributed by atoms with Gasteiger partial charge in [0.2, 0.25) is 0 Å². The Hall–Kier alpha value is -1.81. The van der Waals surface area contributed by atoms with E-state index >= 15 is 0 Å². The molecule has 103 valence electrons. The summed E-state index contributed by atoms with van der Waals surface area (Å²) in [7, 11) is 0. The van der Waals surface area contributed by atoms with E-state index in [0.717, 1.165) is 29.7 Å². The molecule has 3 rings (SSSR count). The average Bonchev–Trinajstić information content (AvgIpc) is 2.46. The van der Waals surface area contributed by atoms with Crippen LogP contribution in [0.25, 0.3) is 0 Å². The molecule has 2 aromatic carbocycles. The Balaban J connectivity index is 1.95. The van der Waals surface area contributed by atoms with E-state index in [1.807, 2.05) is 18.2 Å². The lowest BCUT2D eigenvalue weighted by molar-refractivity contribution is -0.137. The van der Waals surface area contributed by atoms with Gasteiger partial charge in [-0.05, 0) is 35.2 Å². The quantitative estimate of drug-likeness (QED) is 0.748. The van der Waals surface area contributed by atoms with Gasteiger partial charge in [0.25, 0.3) is 0 Å². The van der Waals surface area contributed by atoms with E-state index in [9.17, 15) is 13.2 Å². The normalized spacial score (nSPS) is 18.6. The maximum Gasteiger partial charge on any atom is 0.416 e. The third-order valence-corrected chi connectivity index (χ3v) is 3.60. The molecule has 1 aliphatic heterocycles. The third kappa shape index (κ3) is 2.43. The van der Waals surface area contributed by atoms with Gasteiger partial charge < -0.3 is 0 Å². The lowest BCUT2D eigenvalue weighted by atomic mass is 9.89. The fourth-order valence-electron chi connectivity index (χ4n) is 2.58. The Morgan fingerprint density at radius 1 is 0.950 bits per heavy atom. The second kappa shape index (κ2) is 4.94. The number of hydrogen-bond donors (Lipinski definition) is 0. The predicted octanol–water partition coefficient (Wildman–Crippen LogP) is 3.96. The monoisotopic (exact) mass is 276 g/mol.